The average molecular weight is 561 g/mol. The summed E-state index contributed by atoms with van der Waals surface area (Å²) >= 11 is 0. The van der Waals surface area contributed by atoms with Crippen molar-refractivity contribution in [3.05, 3.63) is 11.6 Å². The molecular weight excluding hydrogens is 497 g/mol. The highest BCUT2D eigenvalue weighted by Gasteiger charge is 2.59. The van der Waals surface area contributed by atoms with Crippen LogP contribution in [0.1, 0.15) is 106 Å². The van der Waals surface area contributed by atoms with E-state index < -0.39 is 16.6 Å². The van der Waals surface area contributed by atoms with Gasteiger partial charge in [-0.3, -0.25) is 0 Å². The Morgan fingerprint density at radius 1 is 0.895 bits per heavy atom. The van der Waals surface area contributed by atoms with Gasteiger partial charge in [0, 0.05) is 6.10 Å². The summed E-state index contributed by atoms with van der Waals surface area (Å²) in [5.74, 6) is 5.09. The smallest absolute Gasteiger partial charge is 0.184 e. The van der Waals surface area contributed by atoms with Crippen LogP contribution in [0.2, 0.25) is 39.3 Å². The van der Waals surface area contributed by atoms with Crippen molar-refractivity contribution in [2.45, 2.75) is 157 Å². The molecule has 4 heteroatoms. The lowest BCUT2D eigenvalue weighted by molar-refractivity contribution is -0.0570. The second-order valence-electron chi connectivity index (χ2n) is 17.4. The van der Waals surface area contributed by atoms with Gasteiger partial charge in [0.15, 0.2) is 16.6 Å². The Bertz CT molecular complexity index is 867. The molecule has 1 unspecified atom stereocenters. The standard InChI is InChI=1S/C34H64O2Si2/c1-24(13-14-25(2)32(3,4)36-38(10,11)12)29-17-18-30-28-16-15-26-23-27(35-37(7,8)9)19-21-33(26,5)31(28)20-22-34(29,30)6/h15,24-25,27-31H,13-14,16-23H2,1-12H3/t24-,25+,27?,28+,29-,30+,31+,33+,34-/m1/s1. The first-order chi connectivity index (χ1) is 17.4. The number of fused-ring (bicyclic) bond motifs is 5. The normalized spacial score (nSPS) is 39.6. The van der Waals surface area contributed by atoms with Crippen molar-refractivity contribution in [2.75, 3.05) is 0 Å². The van der Waals surface area contributed by atoms with Crippen LogP contribution in [0.15, 0.2) is 11.6 Å². The average Bonchev–Trinajstić information content (AvgIpc) is 3.12. The summed E-state index contributed by atoms with van der Waals surface area (Å²) in [6.07, 6.45) is 16.9. The molecule has 0 aromatic carbocycles. The zero-order valence-corrected chi connectivity index (χ0v) is 29.5. The predicted octanol–water partition coefficient (Wildman–Crippen LogP) is 10.5. The maximum Gasteiger partial charge on any atom is 0.184 e. The first-order valence-corrected chi connectivity index (χ1v) is 23.2. The van der Waals surface area contributed by atoms with Gasteiger partial charge in [-0.1, -0.05) is 45.8 Å². The van der Waals surface area contributed by atoms with Crippen LogP contribution in [0.25, 0.3) is 0 Å². The predicted molar refractivity (Wildman–Crippen MR) is 169 cm³/mol. The molecule has 0 aliphatic heterocycles. The summed E-state index contributed by atoms with van der Waals surface area (Å²) in [7, 11) is -3.01. The molecule has 220 valence electrons. The number of hydrogen-bond donors (Lipinski definition) is 0. The van der Waals surface area contributed by atoms with Crippen molar-refractivity contribution < 1.29 is 8.85 Å². The Hall–Kier alpha value is 0.0938. The highest BCUT2D eigenvalue weighted by atomic mass is 28.4. The minimum absolute atomic E-state index is 0.00887. The van der Waals surface area contributed by atoms with Gasteiger partial charge in [0.1, 0.15) is 0 Å². The number of hydrogen-bond acceptors (Lipinski definition) is 2. The van der Waals surface area contributed by atoms with E-state index in [1.807, 2.05) is 0 Å². The van der Waals surface area contributed by atoms with E-state index >= 15 is 0 Å². The van der Waals surface area contributed by atoms with Crippen molar-refractivity contribution in [3.63, 3.8) is 0 Å². The Morgan fingerprint density at radius 3 is 2.21 bits per heavy atom. The van der Waals surface area contributed by atoms with Gasteiger partial charge in [-0.25, -0.2) is 0 Å². The van der Waals surface area contributed by atoms with Gasteiger partial charge in [-0.05, 0) is 157 Å². The third-order valence-corrected chi connectivity index (χ3v) is 14.3. The van der Waals surface area contributed by atoms with Crippen LogP contribution in [0.5, 0.6) is 0 Å². The fourth-order valence-electron chi connectivity index (χ4n) is 10.2. The molecule has 4 rings (SSSR count). The Balaban J connectivity index is 1.41. The zero-order chi connectivity index (χ0) is 28.3. The SMILES string of the molecule is C[C@H](CC[C@H](C)C(C)(C)O[Si](C)(C)C)[C@H]1CC[C@H]2[C@@H]3CC=C4CC(O[Si](C)(C)C)CC[C@]4(C)[C@H]3CC[C@]12C. The molecule has 0 N–H and O–H groups in total. The molecule has 2 nitrogen and oxygen atoms in total. The minimum atomic E-state index is -1.53. The van der Waals surface area contributed by atoms with E-state index in [9.17, 15) is 0 Å². The summed E-state index contributed by atoms with van der Waals surface area (Å²) in [6.45, 7) is 29.2. The van der Waals surface area contributed by atoms with Crippen LogP contribution in [0.4, 0.5) is 0 Å². The lowest BCUT2D eigenvalue weighted by atomic mass is 9.47. The number of rotatable bonds is 9. The van der Waals surface area contributed by atoms with Crippen LogP contribution in [0.3, 0.4) is 0 Å². The van der Waals surface area contributed by atoms with Gasteiger partial charge < -0.3 is 8.85 Å². The highest BCUT2D eigenvalue weighted by Crippen LogP contribution is 2.67. The van der Waals surface area contributed by atoms with Gasteiger partial charge in [0.25, 0.3) is 0 Å². The summed E-state index contributed by atoms with van der Waals surface area (Å²) < 4.78 is 13.2. The lowest BCUT2D eigenvalue weighted by Crippen LogP contribution is -2.51. The number of allylic oxidation sites excluding steroid dienone is 1. The van der Waals surface area contributed by atoms with Gasteiger partial charge in [-0.2, -0.15) is 0 Å². The Labute approximate surface area is 239 Å². The first-order valence-electron chi connectivity index (χ1n) is 16.4. The second kappa shape index (κ2) is 10.7. The van der Waals surface area contributed by atoms with Crippen molar-refractivity contribution in [1.82, 2.24) is 0 Å². The molecule has 0 heterocycles. The van der Waals surface area contributed by atoms with Gasteiger partial charge in [0.2, 0.25) is 0 Å². The summed E-state index contributed by atoms with van der Waals surface area (Å²) in [5, 5.41) is 0. The highest BCUT2D eigenvalue weighted by molar-refractivity contribution is 6.70. The topological polar surface area (TPSA) is 18.5 Å². The van der Waals surface area contributed by atoms with Crippen LogP contribution in [-0.4, -0.2) is 28.3 Å². The summed E-state index contributed by atoms with van der Waals surface area (Å²) in [4.78, 5) is 0. The molecule has 3 fully saturated rings. The molecule has 4 aliphatic carbocycles. The van der Waals surface area contributed by atoms with Crippen molar-refractivity contribution in [2.24, 2.45) is 46.3 Å². The third kappa shape index (κ3) is 6.29. The fourth-order valence-corrected chi connectivity index (χ4v) is 13.1. The second-order valence-corrected chi connectivity index (χ2v) is 26.2. The lowest BCUT2D eigenvalue weighted by Gasteiger charge is -2.58. The monoisotopic (exact) mass is 560 g/mol. The molecule has 0 bridgehead atoms. The van der Waals surface area contributed by atoms with Gasteiger partial charge in [0.05, 0.1) is 5.60 Å². The molecular formula is C34H64O2Si2. The Kier molecular flexibility index (Phi) is 8.77. The van der Waals surface area contributed by atoms with Crippen LogP contribution in [0, 0.1) is 46.3 Å². The van der Waals surface area contributed by atoms with Crippen molar-refractivity contribution >= 4 is 16.6 Å². The first kappa shape index (κ1) is 31.0. The van der Waals surface area contributed by atoms with Crippen LogP contribution < -0.4 is 0 Å². The molecule has 0 aromatic rings. The van der Waals surface area contributed by atoms with Crippen LogP contribution in [-0.2, 0) is 8.85 Å². The third-order valence-electron chi connectivity index (χ3n) is 12.2. The molecule has 4 aliphatic rings. The van der Waals surface area contributed by atoms with Crippen LogP contribution >= 0.6 is 0 Å². The fraction of sp³-hybridized carbons (Fsp3) is 0.941. The van der Waals surface area contributed by atoms with E-state index in [-0.39, 0.29) is 5.60 Å². The summed E-state index contributed by atoms with van der Waals surface area (Å²) in [6, 6.07) is 0. The zero-order valence-electron chi connectivity index (χ0n) is 27.5. The quantitative estimate of drug-likeness (QED) is 0.206. The van der Waals surface area contributed by atoms with Crippen molar-refractivity contribution in [3.8, 4) is 0 Å². The van der Waals surface area contributed by atoms with Gasteiger partial charge >= 0.3 is 0 Å². The molecule has 9 atom stereocenters. The van der Waals surface area contributed by atoms with E-state index in [2.05, 4.69) is 86.9 Å². The summed E-state index contributed by atoms with van der Waals surface area (Å²) in [5.41, 5.74) is 2.75. The molecule has 0 aromatic heterocycles. The molecule has 0 amide bonds. The maximum absolute atomic E-state index is 6.62. The molecule has 38 heavy (non-hydrogen) atoms. The molecule has 0 radical (unpaired) electrons. The van der Waals surface area contributed by atoms with Gasteiger partial charge in [-0.15, -0.1) is 0 Å². The molecule has 0 saturated heterocycles. The van der Waals surface area contributed by atoms with E-state index in [1.54, 1.807) is 5.57 Å². The molecule has 0 spiro atoms. The van der Waals surface area contributed by atoms with E-state index in [0.29, 0.717) is 22.9 Å². The van der Waals surface area contributed by atoms with E-state index in [4.69, 9.17) is 8.85 Å². The Morgan fingerprint density at radius 2 is 1.58 bits per heavy atom. The largest absolute Gasteiger partial charge is 0.414 e. The maximum atomic E-state index is 6.62. The minimum Gasteiger partial charge on any atom is -0.414 e. The van der Waals surface area contributed by atoms with E-state index in [1.165, 1.54) is 64.2 Å². The molecule has 3 saturated carbocycles. The van der Waals surface area contributed by atoms with Crippen molar-refractivity contribution in [1.29, 1.82) is 0 Å². The van der Waals surface area contributed by atoms with E-state index in [0.717, 1.165) is 29.6 Å².